The Hall–Kier alpha value is -2.07. The molecule has 23 heavy (non-hydrogen) atoms. The Morgan fingerprint density at radius 3 is 2.52 bits per heavy atom. The van der Waals surface area contributed by atoms with Crippen LogP contribution in [-0.4, -0.2) is 11.9 Å². The van der Waals surface area contributed by atoms with E-state index in [1.165, 1.54) is 12.1 Å². The molecule has 2 aromatic rings. The third-order valence-corrected chi connectivity index (χ3v) is 3.51. The first-order chi connectivity index (χ1) is 10.5. The van der Waals surface area contributed by atoms with Crippen LogP contribution in [0.2, 0.25) is 0 Å². The molecule has 0 bridgehead atoms. The quantitative estimate of drug-likeness (QED) is 0.793. The zero-order valence-electron chi connectivity index (χ0n) is 13.1. The van der Waals surface area contributed by atoms with Gasteiger partial charge in [-0.1, -0.05) is 24.3 Å². The summed E-state index contributed by atoms with van der Waals surface area (Å²) in [7, 11) is 0. The van der Waals surface area contributed by atoms with Crippen LogP contribution in [0, 0.1) is 5.82 Å². The Morgan fingerprint density at radius 2 is 1.87 bits per heavy atom. The smallest absolute Gasteiger partial charge is 0.224 e. The fraction of sp³-hybridized carbons (Fsp3) is 0.278. The van der Waals surface area contributed by atoms with Gasteiger partial charge in [-0.3, -0.25) is 4.79 Å². The fourth-order valence-electron chi connectivity index (χ4n) is 2.29. The first kappa shape index (κ1) is 19.0. The van der Waals surface area contributed by atoms with Crippen LogP contribution >= 0.6 is 12.4 Å². The Bertz CT molecular complexity index is 631. The van der Waals surface area contributed by atoms with Crippen molar-refractivity contribution in [3.05, 3.63) is 65.5 Å². The Kier molecular flexibility index (Phi) is 7.55. The SMILES string of the molecule is CC(CCc1cccc(F)c1)NC(=O)Cc1ccc(N)cc1.Cl. The van der Waals surface area contributed by atoms with Crippen LogP contribution in [-0.2, 0) is 17.6 Å². The minimum atomic E-state index is -0.225. The molecule has 124 valence electrons. The number of nitrogens with two attached hydrogens (primary N) is 1. The number of carbonyl (C=O) groups is 1. The Labute approximate surface area is 142 Å². The van der Waals surface area contributed by atoms with Gasteiger partial charge < -0.3 is 11.1 Å². The van der Waals surface area contributed by atoms with Gasteiger partial charge in [0.15, 0.2) is 0 Å². The molecule has 0 aliphatic carbocycles. The molecule has 2 rings (SSSR count). The monoisotopic (exact) mass is 336 g/mol. The van der Waals surface area contributed by atoms with Gasteiger partial charge in [-0.15, -0.1) is 12.4 Å². The third-order valence-electron chi connectivity index (χ3n) is 3.51. The first-order valence-electron chi connectivity index (χ1n) is 7.41. The lowest BCUT2D eigenvalue weighted by atomic mass is 10.1. The van der Waals surface area contributed by atoms with E-state index in [9.17, 15) is 9.18 Å². The van der Waals surface area contributed by atoms with E-state index in [0.717, 1.165) is 24.0 Å². The lowest BCUT2D eigenvalue weighted by molar-refractivity contribution is -0.121. The average molecular weight is 337 g/mol. The molecule has 1 unspecified atom stereocenters. The second-order valence-electron chi connectivity index (χ2n) is 5.56. The van der Waals surface area contributed by atoms with Crippen LogP contribution in [0.3, 0.4) is 0 Å². The molecule has 1 amide bonds. The number of hydrogen-bond donors (Lipinski definition) is 2. The number of nitrogen functional groups attached to an aromatic ring is 1. The molecule has 0 saturated heterocycles. The zero-order valence-corrected chi connectivity index (χ0v) is 13.9. The standard InChI is InChI=1S/C18H21FN2O.ClH/c1-13(5-6-14-3-2-4-16(19)11-14)21-18(22)12-15-7-9-17(20)10-8-15;/h2-4,7-11,13H,5-6,12,20H2,1H3,(H,21,22);1H. The molecule has 3 nitrogen and oxygen atoms in total. The van der Waals surface area contributed by atoms with Gasteiger partial charge in [-0.05, 0) is 55.2 Å². The van der Waals surface area contributed by atoms with Crippen LogP contribution in [0.4, 0.5) is 10.1 Å². The number of halogens is 2. The summed E-state index contributed by atoms with van der Waals surface area (Å²) in [6.45, 7) is 1.96. The number of aryl methyl sites for hydroxylation is 1. The predicted octanol–water partition coefficient (Wildman–Crippen LogP) is 3.51. The average Bonchev–Trinajstić information content (AvgIpc) is 2.47. The molecule has 0 saturated carbocycles. The van der Waals surface area contributed by atoms with Gasteiger partial charge in [0.2, 0.25) is 5.91 Å². The lowest BCUT2D eigenvalue weighted by Crippen LogP contribution is -2.34. The molecular weight excluding hydrogens is 315 g/mol. The molecule has 5 heteroatoms. The van der Waals surface area contributed by atoms with E-state index < -0.39 is 0 Å². The van der Waals surface area contributed by atoms with Gasteiger partial charge >= 0.3 is 0 Å². The van der Waals surface area contributed by atoms with Crippen LogP contribution in [0.1, 0.15) is 24.5 Å². The van der Waals surface area contributed by atoms with E-state index in [0.29, 0.717) is 12.1 Å². The topological polar surface area (TPSA) is 55.1 Å². The Balaban J connectivity index is 0.00000264. The predicted molar refractivity (Wildman–Crippen MR) is 94.1 cm³/mol. The number of benzene rings is 2. The van der Waals surface area contributed by atoms with Gasteiger partial charge in [-0.2, -0.15) is 0 Å². The van der Waals surface area contributed by atoms with Crippen molar-refractivity contribution in [2.75, 3.05) is 5.73 Å². The Morgan fingerprint density at radius 1 is 1.17 bits per heavy atom. The number of hydrogen-bond acceptors (Lipinski definition) is 2. The maximum absolute atomic E-state index is 13.1. The van der Waals surface area contributed by atoms with Gasteiger partial charge in [-0.25, -0.2) is 4.39 Å². The van der Waals surface area contributed by atoms with Crippen molar-refractivity contribution in [3.63, 3.8) is 0 Å². The summed E-state index contributed by atoms with van der Waals surface area (Å²) >= 11 is 0. The van der Waals surface area contributed by atoms with Crippen molar-refractivity contribution in [3.8, 4) is 0 Å². The minimum Gasteiger partial charge on any atom is -0.399 e. The van der Waals surface area contributed by atoms with E-state index in [-0.39, 0.29) is 30.2 Å². The highest BCUT2D eigenvalue weighted by Gasteiger charge is 2.08. The van der Waals surface area contributed by atoms with Crippen molar-refractivity contribution in [2.24, 2.45) is 0 Å². The second-order valence-corrected chi connectivity index (χ2v) is 5.56. The highest BCUT2D eigenvalue weighted by atomic mass is 35.5. The molecule has 3 N–H and O–H groups in total. The molecule has 0 spiro atoms. The zero-order chi connectivity index (χ0) is 15.9. The third kappa shape index (κ3) is 6.70. The van der Waals surface area contributed by atoms with Gasteiger partial charge in [0.05, 0.1) is 6.42 Å². The largest absolute Gasteiger partial charge is 0.399 e. The molecule has 1 atom stereocenters. The van der Waals surface area contributed by atoms with Crippen LogP contribution in [0.15, 0.2) is 48.5 Å². The normalized spacial score (nSPS) is 11.4. The summed E-state index contributed by atoms with van der Waals surface area (Å²) in [4.78, 5) is 12.0. The minimum absolute atomic E-state index is 0. The molecule has 0 radical (unpaired) electrons. The highest BCUT2D eigenvalue weighted by Crippen LogP contribution is 2.09. The van der Waals surface area contributed by atoms with Gasteiger partial charge in [0, 0.05) is 11.7 Å². The van der Waals surface area contributed by atoms with Gasteiger partial charge in [0.1, 0.15) is 5.82 Å². The molecule has 0 aliphatic heterocycles. The molecule has 0 aliphatic rings. The summed E-state index contributed by atoms with van der Waals surface area (Å²) in [6.07, 6.45) is 1.85. The number of nitrogens with one attached hydrogen (secondary N) is 1. The summed E-state index contributed by atoms with van der Waals surface area (Å²) < 4.78 is 13.1. The van der Waals surface area contributed by atoms with Crippen molar-refractivity contribution in [2.45, 2.75) is 32.2 Å². The summed E-state index contributed by atoms with van der Waals surface area (Å²) in [6, 6.07) is 13.9. The summed E-state index contributed by atoms with van der Waals surface area (Å²) in [5, 5.41) is 2.96. The first-order valence-corrected chi connectivity index (χ1v) is 7.41. The maximum Gasteiger partial charge on any atom is 0.224 e. The van der Waals surface area contributed by atoms with Crippen LogP contribution < -0.4 is 11.1 Å². The van der Waals surface area contributed by atoms with E-state index >= 15 is 0 Å². The number of amides is 1. The highest BCUT2D eigenvalue weighted by molar-refractivity contribution is 5.85. The van der Waals surface area contributed by atoms with E-state index in [1.54, 1.807) is 18.2 Å². The number of anilines is 1. The molecule has 0 heterocycles. The van der Waals surface area contributed by atoms with Crippen molar-refractivity contribution in [1.29, 1.82) is 0 Å². The van der Waals surface area contributed by atoms with Crippen LogP contribution in [0.25, 0.3) is 0 Å². The van der Waals surface area contributed by atoms with E-state index in [2.05, 4.69) is 5.32 Å². The summed E-state index contributed by atoms with van der Waals surface area (Å²) in [5.41, 5.74) is 8.18. The fourth-order valence-corrected chi connectivity index (χ4v) is 2.29. The molecular formula is C18H22ClFN2O. The van der Waals surface area contributed by atoms with Crippen molar-refractivity contribution < 1.29 is 9.18 Å². The number of carbonyl (C=O) groups excluding carboxylic acids is 1. The van der Waals surface area contributed by atoms with Crippen LogP contribution in [0.5, 0.6) is 0 Å². The molecule has 0 aromatic heterocycles. The van der Waals surface area contributed by atoms with Crippen molar-refractivity contribution in [1.82, 2.24) is 5.32 Å². The second kappa shape index (κ2) is 9.16. The maximum atomic E-state index is 13.1. The molecule has 2 aromatic carbocycles. The van der Waals surface area contributed by atoms with Crippen molar-refractivity contribution >= 4 is 24.0 Å². The van der Waals surface area contributed by atoms with Gasteiger partial charge in [0.25, 0.3) is 0 Å². The summed E-state index contributed by atoms with van der Waals surface area (Å²) in [5.74, 6) is -0.242. The molecule has 0 fully saturated rings. The number of rotatable bonds is 6. The lowest BCUT2D eigenvalue weighted by Gasteiger charge is -2.14. The van der Waals surface area contributed by atoms with E-state index in [4.69, 9.17) is 5.73 Å². The van der Waals surface area contributed by atoms with E-state index in [1.807, 2.05) is 25.1 Å².